The van der Waals surface area contributed by atoms with Gasteiger partial charge in [0.25, 0.3) is 0 Å². The Kier molecular flexibility index (Phi) is 7.11. The summed E-state index contributed by atoms with van der Waals surface area (Å²) >= 11 is 12.5. The number of rotatable bonds is 9. The number of nitrogens with zero attached hydrogens (tertiary/aromatic N) is 4. The molecule has 10 heteroatoms. The summed E-state index contributed by atoms with van der Waals surface area (Å²) in [5, 5.41) is 15.5. The normalized spacial score (nSPS) is 10.8. The molecule has 3 aromatic rings. The van der Waals surface area contributed by atoms with Crippen LogP contribution >= 0.6 is 23.2 Å². The lowest BCUT2D eigenvalue weighted by Gasteiger charge is -2.15. The molecule has 0 aliphatic rings. The predicted molar refractivity (Wildman–Crippen MR) is 109 cm³/mol. The third kappa shape index (κ3) is 5.07. The van der Waals surface area contributed by atoms with Crippen LogP contribution in [-0.4, -0.2) is 27.3 Å². The molecule has 0 saturated carbocycles. The molecule has 1 N–H and O–H groups in total. The van der Waals surface area contributed by atoms with E-state index in [0.29, 0.717) is 40.6 Å². The first-order valence-corrected chi connectivity index (χ1v) is 9.71. The highest BCUT2D eigenvalue weighted by Gasteiger charge is 2.14. The molecule has 0 unspecified atom stereocenters. The van der Waals surface area contributed by atoms with Gasteiger partial charge in [-0.1, -0.05) is 41.3 Å². The molecule has 0 saturated heterocycles. The predicted octanol–water partition coefficient (Wildman–Crippen LogP) is 4.73. The van der Waals surface area contributed by atoms with Crippen LogP contribution in [0.25, 0.3) is 0 Å². The van der Waals surface area contributed by atoms with E-state index < -0.39 is 5.82 Å². The van der Waals surface area contributed by atoms with Gasteiger partial charge >= 0.3 is 0 Å². The van der Waals surface area contributed by atoms with Crippen LogP contribution in [0.1, 0.15) is 24.5 Å². The number of ether oxygens (including phenoxy) is 2. The van der Waals surface area contributed by atoms with Crippen LogP contribution in [0.3, 0.4) is 0 Å². The highest BCUT2D eigenvalue weighted by Crippen LogP contribution is 2.35. The minimum Gasteiger partial charge on any atom is -0.493 e. The zero-order chi connectivity index (χ0) is 20.8. The number of hydrogen-bond acceptors (Lipinski definition) is 6. The first-order chi connectivity index (χ1) is 14.0. The van der Waals surface area contributed by atoms with Crippen molar-refractivity contribution in [1.82, 2.24) is 20.2 Å². The van der Waals surface area contributed by atoms with Crippen molar-refractivity contribution in [3.05, 3.63) is 57.3 Å². The molecular formula is C19H20Cl2FN5O2. The fourth-order valence-electron chi connectivity index (χ4n) is 2.67. The summed E-state index contributed by atoms with van der Waals surface area (Å²) < 4.78 is 26.8. The molecule has 0 aliphatic heterocycles. The number of benzene rings is 2. The van der Waals surface area contributed by atoms with Crippen LogP contribution in [0.4, 0.5) is 10.3 Å². The summed E-state index contributed by atoms with van der Waals surface area (Å²) in [6, 6.07) is 7.85. The Morgan fingerprint density at radius 3 is 2.72 bits per heavy atom. The Labute approximate surface area is 177 Å². The number of anilines is 1. The number of tetrazole rings is 1. The van der Waals surface area contributed by atoms with E-state index >= 15 is 0 Å². The van der Waals surface area contributed by atoms with Gasteiger partial charge in [0.05, 0.1) is 12.1 Å². The summed E-state index contributed by atoms with van der Waals surface area (Å²) in [5.41, 5.74) is 1.03. The second-order valence-corrected chi connectivity index (χ2v) is 6.98. The smallest absolute Gasteiger partial charge is 0.243 e. The van der Waals surface area contributed by atoms with E-state index in [1.807, 2.05) is 6.92 Å². The molecule has 0 aliphatic carbocycles. The van der Waals surface area contributed by atoms with Crippen LogP contribution in [0, 0.1) is 5.82 Å². The van der Waals surface area contributed by atoms with Crippen molar-refractivity contribution in [3.8, 4) is 11.5 Å². The topological polar surface area (TPSA) is 74.1 Å². The van der Waals surface area contributed by atoms with Gasteiger partial charge in [-0.05, 0) is 40.6 Å². The maximum atomic E-state index is 14.0. The van der Waals surface area contributed by atoms with Crippen LogP contribution in [0.15, 0.2) is 30.3 Å². The molecule has 7 nitrogen and oxygen atoms in total. The van der Waals surface area contributed by atoms with Gasteiger partial charge in [-0.25, -0.2) is 9.07 Å². The molecule has 0 bridgehead atoms. The van der Waals surface area contributed by atoms with Gasteiger partial charge < -0.3 is 14.8 Å². The van der Waals surface area contributed by atoms with Crippen LogP contribution in [-0.2, 0) is 19.7 Å². The van der Waals surface area contributed by atoms with Crippen molar-refractivity contribution in [3.63, 3.8) is 0 Å². The van der Waals surface area contributed by atoms with E-state index in [1.54, 1.807) is 22.9 Å². The lowest BCUT2D eigenvalue weighted by molar-refractivity contribution is 0.279. The highest BCUT2D eigenvalue weighted by molar-refractivity contribution is 6.31. The SMILES string of the molecule is CCCn1nnnc1NCc1cc(OC)c(OCc2c(F)cccc2Cl)cc1Cl. The molecule has 0 radical (unpaired) electrons. The Hall–Kier alpha value is -2.58. The average Bonchev–Trinajstić information content (AvgIpc) is 3.14. The number of nitrogens with one attached hydrogen (secondary N) is 1. The first kappa shape index (κ1) is 21.1. The molecule has 2 aromatic carbocycles. The zero-order valence-corrected chi connectivity index (χ0v) is 17.5. The maximum Gasteiger partial charge on any atom is 0.243 e. The number of hydrogen-bond donors (Lipinski definition) is 1. The van der Waals surface area contributed by atoms with E-state index in [9.17, 15) is 4.39 Å². The standard InChI is InChI=1S/C19H20Cl2FN5O2/c1-3-7-27-19(24-25-26-27)23-10-12-8-17(28-2)18(9-15(12)21)29-11-13-14(20)5-4-6-16(13)22/h4-6,8-9H,3,7,10-11H2,1-2H3,(H,23,24,26). The van der Waals surface area contributed by atoms with Crippen molar-refractivity contribution in [2.45, 2.75) is 33.0 Å². The lowest BCUT2D eigenvalue weighted by atomic mass is 10.2. The molecule has 3 rings (SSSR count). The van der Waals surface area contributed by atoms with Gasteiger partial charge in [-0.15, -0.1) is 0 Å². The fraction of sp³-hybridized carbons (Fsp3) is 0.316. The van der Waals surface area contributed by atoms with Gasteiger partial charge in [0.2, 0.25) is 5.95 Å². The molecular weight excluding hydrogens is 420 g/mol. The fourth-order valence-corrected chi connectivity index (χ4v) is 3.11. The molecule has 0 amide bonds. The van der Waals surface area contributed by atoms with Gasteiger partial charge in [0.1, 0.15) is 12.4 Å². The summed E-state index contributed by atoms with van der Waals surface area (Å²) in [4.78, 5) is 0. The van der Waals surface area contributed by atoms with Gasteiger partial charge in [0, 0.05) is 29.7 Å². The second-order valence-electron chi connectivity index (χ2n) is 6.16. The number of aryl methyl sites for hydroxylation is 1. The van der Waals surface area contributed by atoms with Crippen LogP contribution in [0.2, 0.25) is 10.0 Å². The lowest BCUT2D eigenvalue weighted by Crippen LogP contribution is -2.09. The Morgan fingerprint density at radius 1 is 1.17 bits per heavy atom. The van der Waals surface area contributed by atoms with Crippen LogP contribution in [0.5, 0.6) is 11.5 Å². The van der Waals surface area contributed by atoms with E-state index in [-0.39, 0.29) is 12.2 Å². The number of aromatic nitrogens is 4. The third-order valence-corrected chi connectivity index (χ3v) is 4.88. The minimum absolute atomic E-state index is 0.0540. The van der Waals surface area contributed by atoms with E-state index in [2.05, 4.69) is 20.8 Å². The molecule has 1 heterocycles. The monoisotopic (exact) mass is 439 g/mol. The van der Waals surface area contributed by atoms with Crippen molar-refractivity contribution in [1.29, 1.82) is 0 Å². The number of halogens is 3. The van der Waals surface area contributed by atoms with E-state index in [0.717, 1.165) is 12.0 Å². The van der Waals surface area contributed by atoms with Crippen LogP contribution < -0.4 is 14.8 Å². The minimum atomic E-state index is -0.437. The largest absolute Gasteiger partial charge is 0.493 e. The van der Waals surface area contributed by atoms with Crippen molar-refractivity contribution in [2.75, 3.05) is 12.4 Å². The Bertz CT molecular complexity index is 963. The maximum absolute atomic E-state index is 14.0. The molecule has 1 aromatic heterocycles. The van der Waals surface area contributed by atoms with Gasteiger partial charge in [0.15, 0.2) is 11.5 Å². The van der Waals surface area contributed by atoms with Crippen molar-refractivity contribution < 1.29 is 13.9 Å². The molecule has 0 atom stereocenters. The molecule has 0 fully saturated rings. The summed E-state index contributed by atoms with van der Waals surface area (Å²) in [6.07, 6.45) is 0.909. The summed E-state index contributed by atoms with van der Waals surface area (Å²) in [5.74, 6) is 0.966. The van der Waals surface area contributed by atoms with Gasteiger partial charge in [-0.3, -0.25) is 0 Å². The quantitative estimate of drug-likeness (QED) is 0.519. The highest BCUT2D eigenvalue weighted by atomic mass is 35.5. The number of methoxy groups -OCH3 is 1. The van der Waals surface area contributed by atoms with Crippen molar-refractivity contribution in [2.24, 2.45) is 0 Å². The van der Waals surface area contributed by atoms with E-state index in [4.69, 9.17) is 32.7 Å². The molecule has 154 valence electrons. The Morgan fingerprint density at radius 2 is 2.00 bits per heavy atom. The average molecular weight is 440 g/mol. The third-order valence-electron chi connectivity index (χ3n) is 4.17. The van der Waals surface area contributed by atoms with E-state index in [1.165, 1.54) is 19.2 Å². The molecule has 29 heavy (non-hydrogen) atoms. The summed E-state index contributed by atoms with van der Waals surface area (Å²) in [6.45, 7) is 3.08. The van der Waals surface area contributed by atoms with Crippen molar-refractivity contribution >= 4 is 29.2 Å². The second kappa shape index (κ2) is 9.76. The van der Waals surface area contributed by atoms with Gasteiger partial charge in [-0.2, -0.15) is 0 Å². The first-order valence-electron chi connectivity index (χ1n) is 8.95. The zero-order valence-electron chi connectivity index (χ0n) is 16.0. The molecule has 0 spiro atoms. The summed E-state index contributed by atoms with van der Waals surface area (Å²) in [7, 11) is 1.52. The Balaban J connectivity index is 1.74.